The van der Waals surface area contributed by atoms with Crippen molar-refractivity contribution in [3.8, 4) is 11.4 Å². The Kier molecular flexibility index (Phi) is 5.07. The number of ether oxygens (including phenoxy) is 1. The van der Waals surface area contributed by atoms with Crippen molar-refractivity contribution < 1.29 is 14.5 Å². The zero-order valence-electron chi connectivity index (χ0n) is 14.2. The van der Waals surface area contributed by atoms with Crippen LogP contribution in [0.2, 0.25) is 0 Å². The fourth-order valence-electron chi connectivity index (χ4n) is 2.54. The number of nitrogens with zero attached hydrogens (tertiary/aromatic N) is 3. The number of carbonyl (C=O) groups excluding carboxylic acids is 1. The molecule has 0 N–H and O–H groups in total. The second kappa shape index (κ2) is 7.60. The molecule has 0 aliphatic heterocycles. The summed E-state index contributed by atoms with van der Waals surface area (Å²) >= 11 is 0. The van der Waals surface area contributed by atoms with E-state index in [9.17, 15) is 14.9 Å². The van der Waals surface area contributed by atoms with Crippen LogP contribution in [-0.4, -0.2) is 20.7 Å². The SMILES string of the molecule is Cc1cc(OC(=O)CCc2cnn(-c3ccccc3)c2)ccc1[N+](=O)[O-]. The van der Waals surface area contributed by atoms with Crippen LogP contribution in [0.5, 0.6) is 5.75 Å². The molecular formula is C19H17N3O4. The Labute approximate surface area is 150 Å². The van der Waals surface area contributed by atoms with Crippen molar-refractivity contribution in [2.45, 2.75) is 19.8 Å². The molecule has 0 unspecified atom stereocenters. The number of hydrogen-bond acceptors (Lipinski definition) is 5. The molecule has 0 atom stereocenters. The van der Waals surface area contributed by atoms with Gasteiger partial charge in [0.15, 0.2) is 0 Å². The Hall–Kier alpha value is -3.48. The molecule has 0 amide bonds. The Morgan fingerprint density at radius 3 is 2.69 bits per heavy atom. The van der Waals surface area contributed by atoms with Crippen LogP contribution in [-0.2, 0) is 11.2 Å². The van der Waals surface area contributed by atoms with Crippen LogP contribution in [0.15, 0.2) is 60.9 Å². The van der Waals surface area contributed by atoms with Crippen LogP contribution in [0.25, 0.3) is 5.69 Å². The number of nitro benzene ring substituents is 1. The molecule has 0 fully saturated rings. The molecule has 0 spiro atoms. The Morgan fingerprint density at radius 1 is 1.23 bits per heavy atom. The van der Waals surface area contributed by atoms with Gasteiger partial charge >= 0.3 is 5.97 Å². The van der Waals surface area contributed by atoms with Crippen LogP contribution in [0, 0.1) is 17.0 Å². The molecule has 3 rings (SSSR count). The highest BCUT2D eigenvalue weighted by Gasteiger charge is 2.13. The summed E-state index contributed by atoms with van der Waals surface area (Å²) in [5.74, 6) is -0.0937. The van der Waals surface area contributed by atoms with E-state index in [4.69, 9.17) is 4.74 Å². The largest absolute Gasteiger partial charge is 0.427 e. The Balaban J connectivity index is 1.57. The Bertz CT molecular complexity index is 935. The van der Waals surface area contributed by atoms with Crippen LogP contribution >= 0.6 is 0 Å². The van der Waals surface area contributed by atoms with Crippen molar-refractivity contribution >= 4 is 11.7 Å². The van der Waals surface area contributed by atoms with Gasteiger partial charge in [-0.2, -0.15) is 5.10 Å². The van der Waals surface area contributed by atoms with E-state index in [1.807, 2.05) is 36.5 Å². The fourth-order valence-corrected chi connectivity index (χ4v) is 2.54. The highest BCUT2D eigenvalue weighted by molar-refractivity contribution is 5.72. The van der Waals surface area contributed by atoms with Gasteiger partial charge in [-0.3, -0.25) is 14.9 Å². The normalized spacial score (nSPS) is 10.5. The predicted molar refractivity (Wildman–Crippen MR) is 95.4 cm³/mol. The molecule has 26 heavy (non-hydrogen) atoms. The molecule has 7 nitrogen and oxygen atoms in total. The first kappa shape index (κ1) is 17.3. The van der Waals surface area contributed by atoms with E-state index in [1.165, 1.54) is 18.2 Å². The third-order valence-electron chi connectivity index (χ3n) is 3.87. The van der Waals surface area contributed by atoms with E-state index in [0.29, 0.717) is 17.7 Å². The number of hydrogen-bond donors (Lipinski definition) is 0. The highest BCUT2D eigenvalue weighted by atomic mass is 16.6. The summed E-state index contributed by atoms with van der Waals surface area (Å²) in [6.07, 6.45) is 4.28. The standard InChI is InChI=1S/C19H17N3O4/c1-14-11-17(8-9-18(14)22(24)25)26-19(23)10-7-15-12-20-21(13-15)16-5-3-2-4-6-16/h2-6,8-9,11-13H,7,10H2,1H3. The average molecular weight is 351 g/mol. The number of rotatable bonds is 6. The molecule has 1 heterocycles. The first-order valence-corrected chi connectivity index (χ1v) is 8.07. The molecule has 1 aromatic heterocycles. The highest BCUT2D eigenvalue weighted by Crippen LogP contribution is 2.23. The van der Waals surface area contributed by atoms with Crippen molar-refractivity contribution in [1.29, 1.82) is 0 Å². The summed E-state index contributed by atoms with van der Waals surface area (Å²) in [6, 6.07) is 13.9. The second-order valence-corrected chi connectivity index (χ2v) is 5.81. The minimum atomic E-state index is -0.467. The van der Waals surface area contributed by atoms with Gasteiger partial charge in [0.2, 0.25) is 0 Å². The first-order chi connectivity index (χ1) is 12.5. The molecular weight excluding hydrogens is 334 g/mol. The van der Waals surface area contributed by atoms with Gasteiger partial charge < -0.3 is 4.74 Å². The monoisotopic (exact) mass is 351 g/mol. The number of para-hydroxylation sites is 1. The third-order valence-corrected chi connectivity index (χ3v) is 3.87. The number of aromatic nitrogens is 2. The van der Waals surface area contributed by atoms with E-state index in [1.54, 1.807) is 17.8 Å². The molecule has 0 aliphatic carbocycles. The molecule has 0 bridgehead atoms. The number of nitro groups is 1. The summed E-state index contributed by atoms with van der Waals surface area (Å²) in [5.41, 5.74) is 2.32. The van der Waals surface area contributed by atoms with Gasteiger partial charge in [-0.15, -0.1) is 0 Å². The lowest BCUT2D eigenvalue weighted by Crippen LogP contribution is -2.09. The molecule has 0 aliphatic rings. The van der Waals surface area contributed by atoms with E-state index >= 15 is 0 Å². The van der Waals surface area contributed by atoms with E-state index in [2.05, 4.69) is 5.10 Å². The zero-order chi connectivity index (χ0) is 18.5. The summed E-state index contributed by atoms with van der Waals surface area (Å²) < 4.78 is 7.00. The summed E-state index contributed by atoms with van der Waals surface area (Å²) in [5, 5.41) is 15.1. The predicted octanol–water partition coefficient (Wildman–Crippen LogP) is 3.63. The van der Waals surface area contributed by atoms with E-state index in [0.717, 1.165) is 11.3 Å². The number of carbonyl (C=O) groups is 1. The van der Waals surface area contributed by atoms with Gasteiger partial charge in [-0.05, 0) is 43.2 Å². The summed E-state index contributed by atoms with van der Waals surface area (Å²) in [7, 11) is 0. The van der Waals surface area contributed by atoms with Crippen molar-refractivity contribution in [3.63, 3.8) is 0 Å². The number of esters is 1. The lowest BCUT2D eigenvalue weighted by molar-refractivity contribution is -0.385. The van der Waals surface area contributed by atoms with Crippen molar-refractivity contribution in [1.82, 2.24) is 9.78 Å². The minimum absolute atomic E-state index is 0.00174. The number of benzene rings is 2. The lowest BCUT2D eigenvalue weighted by Gasteiger charge is -2.05. The van der Waals surface area contributed by atoms with Gasteiger partial charge in [0.1, 0.15) is 5.75 Å². The lowest BCUT2D eigenvalue weighted by atomic mass is 10.2. The van der Waals surface area contributed by atoms with Crippen molar-refractivity contribution in [2.24, 2.45) is 0 Å². The van der Waals surface area contributed by atoms with Gasteiger partial charge in [0.25, 0.3) is 5.69 Å². The van der Waals surface area contributed by atoms with E-state index in [-0.39, 0.29) is 12.1 Å². The molecule has 7 heteroatoms. The summed E-state index contributed by atoms with van der Waals surface area (Å²) in [4.78, 5) is 22.4. The van der Waals surface area contributed by atoms with Crippen LogP contribution in [0.1, 0.15) is 17.5 Å². The van der Waals surface area contributed by atoms with Crippen molar-refractivity contribution in [3.05, 3.63) is 82.2 Å². The van der Waals surface area contributed by atoms with Crippen LogP contribution < -0.4 is 4.74 Å². The van der Waals surface area contributed by atoms with Gasteiger partial charge in [-0.25, -0.2) is 4.68 Å². The van der Waals surface area contributed by atoms with Gasteiger partial charge in [-0.1, -0.05) is 18.2 Å². The molecule has 132 valence electrons. The van der Waals surface area contributed by atoms with Crippen molar-refractivity contribution in [2.75, 3.05) is 0 Å². The fraction of sp³-hybridized carbons (Fsp3) is 0.158. The topological polar surface area (TPSA) is 87.3 Å². The van der Waals surface area contributed by atoms with Gasteiger partial charge in [0.05, 0.1) is 23.2 Å². The maximum Gasteiger partial charge on any atom is 0.311 e. The molecule has 3 aromatic rings. The number of aryl methyl sites for hydroxylation is 2. The Morgan fingerprint density at radius 2 is 2.00 bits per heavy atom. The summed E-state index contributed by atoms with van der Waals surface area (Å²) in [6.45, 7) is 1.60. The first-order valence-electron chi connectivity index (χ1n) is 8.07. The quantitative estimate of drug-likeness (QED) is 0.293. The molecule has 0 saturated carbocycles. The molecule has 2 aromatic carbocycles. The van der Waals surface area contributed by atoms with Crippen LogP contribution in [0.3, 0.4) is 0 Å². The minimum Gasteiger partial charge on any atom is -0.427 e. The molecule has 0 radical (unpaired) electrons. The van der Waals surface area contributed by atoms with Crippen LogP contribution in [0.4, 0.5) is 5.69 Å². The maximum absolute atomic E-state index is 12.0. The molecule has 0 saturated heterocycles. The van der Waals surface area contributed by atoms with E-state index < -0.39 is 10.9 Å². The maximum atomic E-state index is 12.0. The smallest absolute Gasteiger partial charge is 0.311 e. The average Bonchev–Trinajstić information content (AvgIpc) is 3.09. The van der Waals surface area contributed by atoms with Gasteiger partial charge in [0, 0.05) is 17.8 Å². The second-order valence-electron chi connectivity index (χ2n) is 5.81. The third kappa shape index (κ3) is 4.13. The zero-order valence-corrected chi connectivity index (χ0v) is 14.2.